The normalized spacial score (nSPS) is 10.6. The first-order chi connectivity index (χ1) is 14.7. The van der Waals surface area contributed by atoms with E-state index in [9.17, 15) is 4.79 Å². The highest BCUT2D eigenvalue weighted by Crippen LogP contribution is 2.17. The van der Waals surface area contributed by atoms with E-state index in [1.165, 1.54) is 0 Å². The zero-order chi connectivity index (χ0) is 20.8. The summed E-state index contributed by atoms with van der Waals surface area (Å²) in [6.07, 6.45) is 3.75. The molecule has 1 aromatic heterocycles. The Hall–Kier alpha value is -3.86. The van der Waals surface area contributed by atoms with Crippen molar-refractivity contribution in [1.82, 2.24) is 9.55 Å². The molecule has 0 aliphatic heterocycles. The second-order valence-electron chi connectivity index (χ2n) is 7.05. The van der Waals surface area contributed by atoms with Crippen molar-refractivity contribution in [3.8, 4) is 5.75 Å². The Morgan fingerprint density at radius 2 is 1.67 bits per heavy atom. The van der Waals surface area contributed by atoms with Gasteiger partial charge in [0.25, 0.3) is 5.91 Å². The molecule has 1 amide bonds. The minimum atomic E-state index is -0.150. The predicted octanol–water partition coefficient (Wildman–Crippen LogP) is 5.07. The Kier molecular flexibility index (Phi) is 5.90. The van der Waals surface area contributed by atoms with Crippen molar-refractivity contribution < 1.29 is 9.53 Å². The molecule has 0 radical (unpaired) electrons. The van der Waals surface area contributed by atoms with Crippen LogP contribution in [0.1, 0.15) is 27.3 Å². The fourth-order valence-electron chi connectivity index (χ4n) is 3.11. The van der Waals surface area contributed by atoms with E-state index in [0.717, 1.165) is 34.9 Å². The number of ether oxygens (including phenoxy) is 1. The predicted molar refractivity (Wildman–Crippen MR) is 118 cm³/mol. The van der Waals surface area contributed by atoms with Crippen LogP contribution in [0.3, 0.4) is 0 Å². The molecule has 1 heterocycles. The number of carbonyl (C=O) groups excluding carboxylic acids is 1. The molecular weight excluding hydrogens is 374 g/mol. The highest BCUT2D eigenvalue weighted by atomic mass is 16.5. The lowest BCUT2D eigenvalue weighted by atomic mass is 10.1. The topological polar surface area (TPSA) is 56.2 Å². The van der Waals surface area contributed by atoms with Crippen LogP contribution in [-0.4, -0.2) is 15.5 Å². The van der Waals surface area contributed by atoms with Gasteiger partial charge < -0.3 is 14.6 Å². The molecule has 0 fully saturated rings. The Labute approximate surface area is 176 Å². The molecule has 4 aromatic rings. The smallest absolute Gasteiger partial charge is 0.255 e. The first-order valence-electron chi connectivity index (χ1n) is 9.82. The molecule has 0 bridgehead atoms. The SMILES string of the molecule is Cc1nccn1Cc1ccc(NC(=O)c2ccc(OCc3ccccc3)cc2)cc1. The van der Waals surface area contributed by atoms with Gasteiger partial charge in [0.05, 0.1) is 0 Å². The number of hydrogen-bond donors (Lipinski definition) is 1. The highest BCUT2D eigenvalue weighted by molar-refractivity contribution is 6.04. The number of aromatic nitrogens is 2. The summed E-state index contributed by atoms with van der Waals surface area (Å²) in [5.74, 6) is 1.56. The molecule has 1 N–H and O–H groups in total. The summed E-state index contributed by atoms with van der Waals surface area (Å²) in [5, 5.41) is 2.93. The molecule has 0 aliphatic rings. The van der Waals surface area contributed by atoms with E-state index in [1.54, 1.807) is 18.3 Å². The van der Waals surface area contributed by atoms with E-state index in [2.05, 4.69) is 14.9 Å². The lowest BCUT2D eigenvalue weighted by Gasteiger charge is -2.09. The standard InChI is InChI=1S/C25H23N3O2/c1-19-26-15-16-28(19)17-20-7-11-23(12-8-20)27-25(29)22-9-13-24(14-10-22)30-18-21-5-3-2-4-6-21/h2-16H,17-18H2,1H3,(H,27,29). The number of rotatable bonds is 7. The number of benzene rings is 3. The second-order valence-corrected chi connectivity index (χ2v) is 7.05. The number of nitrogens with one attached hydrogen (secondary N) is 1. The Morgan fingerprint density at radius 1 is 0.933 bits per heavy atom. The molecule has 0 unspecified atom stereocenters. The number of carbonyl (C=O) groups is 1. The van der Waals surface area contributed by atoms with Crippen LogP contribution in [-0.2, 0) is 13.2 Å². The highest BCUT2D eigenvalue weighted by Gasteiger charge is 2.07. The van der Waals surface area contributed by atoms with Gasteiger partial charge in [-0.25, -0.2) is 4.98 Å². The monoisotopic (exact) mass is 397 g/mol. The van der Waals surface area contributed by atoms with Crippen molar-refractivity contribution >= 4 is 11.6 Å². The fraction of sp³-hybridized carbons (Fsp3) is 0.120. The number of aryl methyl sites for hydroxylation is 1. The van der Waals surface area contributed by atoms with E-state index >= 15 is 0 Å². The van der Waals surface area contributed by atoms with Crippen LogP contribution in [0.15, 0.2) is 91.3 Å². The summed E-state index contributed by atoms with van der Waals surface area (Å²) in [7, 11) is 0. The molecule has 4 rings (SSSR count). The van der Waals surface area contributed by atoms with Crippen molar-refractivity contribution in [3.05, 3.63) is 114 Å². The zero-order valence-corrected chi connectivity index (χ0v) is 16.8. The molecule has 30 heavy (non-hydrogen) atoms. The molecule has 0 atom stereocenters. The van der Waals surface area contributed by atoms with Crippen LogP contribution in [0.25, 0.3) is 0 Å². The molecule has 0 saturated heterocycles. The third-order valence-electron chi connectivity index (χ3n) is 4.85. The molecule has 5 nitrogen and oxygen atoms in total. The van der Waals surface area contributed by atoms with Crippen molar-refractivity contribution in [1.29, 1.82) is 0 Å². The number of anilines is 1. The summed E-state index contributed by atoms with van der Waals surface area (Å²) in [5.41, 5.74) is 3.59. The summed E-state index contributed by atoms with van der Waals surface area (Å²) in [6.45, 7) is 3.23. The lowest BCUT2D eigenvalue weighted by Crippen LogP contribution is -2.11. The van der Waals surface area contributed by atoms with Crippen molar-refractivity contribution in [2.75, 3.05) is 5.32 Å². The number of nitrogens with zero attached hydrogens (tertiary/aromatic N) is 2. The van der Waals surface area contributed by atoms with Gasteiger partial charge in [0.15, 0.2) is 0 Å². The second kappa shape index (κ2) is 9.09. The average Bonchev–Trinajstić information content (AvgIpc) is 3.19. The summed E-state index contributed by atoms with van der Waals surface area (Å²) in [4.78, 5) is 16.8. The van der Waals surface area contributed by atoms with E-state index in [1.807, 2.05) is 79.9 Å². The van der Waals surface area contributed by atoms with E-state index in [4.69, 9.17) is 4.74 Å². The van der Waals surface area contributed by atoms with Crippen LogP contribution < -0.4 is 10.1 Å². The van der Waals surface area contributed by atoms with E-state index < -0.39 is 0 Å². The maximum atomic E-state index is 12.5. The van der Waals surface area contributed by atoms with Crippen molar-refractivity contribution in [2.45, 2.75) is 20.1 Å². The minimum Gasteiger partial charge on any atom is -0.489 e. The van der Waals surface area contributed by atoms with Crippen molar-refractivity contribution in [2.24, 2.45) is 0 Å². The first-order valence-corrected chi connectivity index (χ1v) is 9.82. The molecule has 0 aliphatic carbocycles. The number of hydrogen-bond acceptors (Lipinski definition) is 3. The summed E-state index contributed by atoms with van der Waals surface area (Å²) in [6, 6.07) is 25.0. The molecule has 0 spiro atoms. The fourth-order valence-corrected chi connectivity index (χ4v) is 3.11. The third kappa shape index (κ3) is 4.94. The Bertz CT molecular complexity index is 1100. The maximum absolute atomic E-state index is 12.5. The first kappa shape index (κ1) is 19.5. The molecule has 3 aromatic carbocycles. The largest absolute Gasteiger partial charge is 0.489 e. The van der Waals surface area contributed by atoms with Gasteiger partial charge in [-0.15, -0.1) is 0 Å². The van der Waals surface area contributed by atoms with Gasteiger partial charge >= 0.3 is 0 Å². The van der Waals surface area contributed by atoms with E-state index in [-0.39, 0.29) is 5.91 Å². The van der Waals surface area contributed by atoms with E-state index in [0.29, 0.717) is 12.2 Å². The van der Waals surface area contributed by atoms with Gasteiger partial charge in [0, 0.05) is 30.2 Å². The summed E-state index contributed by atoms with van der Waals surface area (Å²) >= 11 is 0. The van der Waals surface area contributed by atoms with Gasteiger partial charge in [0.2, 0.25) is 0 Å². The Balaban J connectivity index is 1.32. The van der Waals surface area contributed by atoms with Gasteiger partial charge in [-0.3, -0.25) is 4.79 Å². The van der Waals surface area contributed by atoms with Crippen LogP contribution in [0.2, 0.25) is 0 Å². The average molecular weight is 397 g/mol. The lowest BCUT2D eigenvalue weighted by molar-refractivity contribution is 0.102. The third-order valence-corrected chi connectivity index (χ3v) is 4.85. The van der Waals surface area contributed by atoms with Gasteiger partial charge in [-0.1, -0.05) is 42.5 Å². The van der Waals surface area contributed by atoms with Crippen molar-refractivity contribution in [3.63, 3.8) is 0 Å². The van der Waals surface area contributed by atoms with Crippen LogP contribution in [0.4, 0.5) is 5.69 Å². The summed E-state index contributed by atoms with van der Waals surface area (Å²) < 4.78 is 7.85. The van der Waals surface area contributed by atoms with Gasteiger partial charge in [0.1, 0.15) is 18.2 Å². The van der Waals surface area contributed by atoms with Gasteiger partial charge in [-0.05, 0) is 54.4 Å². The van der Waals surface area contributed by atoms with Crippen LogP contribution in [0.5, 0.6) is 5.75 Å². The maximum Gasteiger partial charge on any atom is 0.255 e. The number of amides is 1. The quantitative estimate of drug-likeness (QED) is 0.474. The molecule has 0 saturated carbocycles. The molecular formula is C25H23N3O2. The zero-order valence-electron chi connectivity index (χ0n) is 16.8. The minimum absolute atomic E-state index is 0.150. The van der Waals surface area contributed by atoms with Gasteiger partial charge in [-0.2, -0.15) is 0 Å². The van der Waals surface area contributed by atoms with Crippen LogP contribution >= 0.6 is 0 Å². The molecule has 150 valence electrons. The Morgan fingerprint density at radius 3 is 2.33 bits per heavy atom. The van der Waals surface area contributed by atoms with Crippen LogP contribution in [0, 0.1) is 6.92 Å². The number of imidazole rings is 1. The molecule has 5 heteroatoms.